The number of hydrogen-bond donors (Lipinski definition) is 3. The van der Waals surface area contributed by atoms with Crippen molar-refractivity contribution in [1.29, 1.82) is 0 Å². The second kappa shape index (κ2) is 8.68. The van der Waals surface area contributed by atoms with E-state index >= 15 is 0 Å². The van der Waals surface area contributed by atoms with Gasteiger partial charge in [-0.15, -0.1) is 0 Å². The summed E-state index contributed by atoms with van der Waals surface area (Å²) in [6.45, 7) is 8.61. The van der Waals surface area contributed by atoms with Crippen LogP contribution in [0.1, 0.15) is 27.2 Å². The molecule has 0 heterocycles. The highest BCUT2D eigenvalue weighted by Gasteiger charge is 2.09. The molecule has 3 nitrogen and oxygen atoms in total. The highest BCUT2D eigenvalue weighted by molar-refractivity contribution is 6.08. The van der Waals surface area contributed by atoms with Crippen LogP contribution in [0.25, 0.3) is 0 Å². The van der Waals surface area contributed by atoms with Gasteiger partial charge in [0.2, 0.25) is 0 Å². The molecule has 0 aliphatic rings. The van der Waals surface area contributed by atoms with Crippen molar-refractivity contribution in [3.05, 3.63) is 0 Å². The van der Waals surface area contributed by atoms with Crippen LogP contribution >= 0.6 is 0 Å². The van der Waals surface area contributed by atoms with E-state index in [1.54, 1.807) is 0 Å². The molecule has 13 heavy (non-hydrogen) atoms. The number of rotatable bonds is 8. The SMILES string of the molecule is CCNC(CC(C)NC[SiH3])NCC. The van der Waals surface area contributed by atoms with Crippen molar-refractivity contribution in [2.75, 3.05) is 19.3 Å². The van der Waals surface area contributed by atoms with E-state index in [1.165, 1.54) is 16.4 Å². The molecule has 0 aromatic rings. The molecule has 0 amide bonds. The lowest BCUT2D eigenvalue weighted by Gasteiger charge is -2.22. The fraction of sp³-hybridized carbons (Fsp3) is 1.00. The van der Waals surface area contributed by atoms with Crippen molar-refractivity contribution < 1.29 is 0 Å². The van der Waals surface area contributed by atoms with Gasteiger partial charge in [-0.3, -0.25) is 0 Å². The van der Waals surface area contributed by atoms with Crippen molar-refractivity contribution in [3.8, 4) is 0 Å². The van der Waals surface area contributed by atoms with Crippen LogP contribution in [0.5, 0.6) is 0 Å². The third kappa shape index (κ3) is 7.19. The third-order valence-corrected chi connectivity index (χ3v) is 2.45. The van der Waals surface area contributed by atoms with Gasteiger partial charge in [-0.1, -0.05) is 13.8 Å². The minimum absolute atomic E-state index is 0.464. The first-order chi connectivity index (χ1) is 6.24. The fourth-order valence-electron chi connectivity index (χ4n) is 1.52. The summed E-state index contributed by atoms with van der Waals surface area (Å²) < 4.78 is 0. The summed E-state index contributed by atoms with van der Waals surface area (Å²) in [6, 6.07) is 0.612. The highest BCUT2D eigenvalue weighted by Crippen LogP contribution is 1.94. The Morgan fingerprint density at radius 3 is 2.00 bits per heavy atom. The lowest BCUT2D eigenvalue weighted by Crippen LogP contribution is -2.46. The minimum Gasteiger partial charge on any atom is -0.318 e. The minimum atomic E-state index is 0.464. The maximum absolute atomic E-state index is 3.47. The molecule has 4 heteroatoms. The van der Waals surface area contributed by atoms with Crippen LogP contribution < -0.4 is 16.0 Å². The van der Waals surface area contributed by atoms with Crippen molar-refractivity contribution in [2.24, 2.45) is 0 Å². The molecule has 0 radical (unpaired) electrons. The average Bonchev–Trinajstić information content (AvgIpc) is 2.05. The Bertz CT molecular complexity index is 105. The molecule has 1 atom stereocenters. The summed E-state index contributed by atoms with van der Waals surface area (Å²) in [6.07, 6.45) is 2.81. The second-order valence-corrected chi connectivity index (χ2v) is 4.07. The van der Waals surface area contributed by atoms with Crippen LogP contribution in [0.4, 0.5) is 0 Å². The third-order valence-electron chi connectivity index (χ3n) is 2.04. The first-order valence-electron chi connectivity index (χ1n) is 5.44. The highest BCUT2D eigenvalue weighted by atomic mass is 28.1. The lowest BCUT2D eigenvalue weighted by molar-refractivity contribution is 0.373. The topological polar surface area (TPSA) is 36.1 Å². The van der Waals surface area contributed by atoms with Crippen LogP contribution in [0.3, 0.4) is 0 Å². The van der Waals surface area contributed by atoms with Gasteiger partial charge in [-0.05, 0) is 32.6 Å². The van der Waals surface area contributed by atoms with E-state index in [-0.39, 0.29) is 0 Å². The van der Waals surface area contributed by atoms with E-state index in [2.05, 4.69) is 36.7 Å². The molecule has 0 bridgehead atoms. The first kappa shape index (κ1) is 13.1. The quantitative estimate of drug-likeness (QED) is 0.358. The summed E-state index contributed by atoms with van der Waals surface area (Å²) >= 11 is 0. The molecule has 0 rings (SSSR count). The van der Waals surface area contributed by atoms with Gasteiger partial charge in [0.15, 0.2) is 0 Å². The van der Waals surface area contributed by atoms with Gasteiger partial charge in [0.1, 0.15) is 0 Å². The molecule has 0 fully saturated rings. The van der Waals surface area contributed by atoms with Gasteiger partial charge in [-0.2, -0.15) is 0 Å². The summed E-state index contributed by atoms with van der Waals surface area (Å²) in [4.78, 5) is 0. The van der Waals surface area contributed by atoms with Crippen LogP contribution in [0.15, 0.2) is 0 Å². The Morgan fingerprint density at radius 1 is 1.08 bits per heavy atom. The van der Waals surface area contributed by atoms with Gasteiger partial charge in [-0.25, -0.2) is 0 Å². The van der Waals surface area contributed by atoms with Gasteiger partial charge in [0.25, 0.3) is 0 Å². The molecule has 3 N–H and O–H groups in total. The normalized spacial score (nSPS) is 13.8. The second-order valence-electron chi connectivity index (χ2n) is 3.36. The van der Waals surface area contributed by atoms with Crippen molar-refractivity contribution in [3.63, 3.8) is 0 Å². The summed E-state index contributed by atoms with van der Waals surface area (Å²) in [5, 5.41) is 10.3. The Balaban J connectivity index is 3.64. The summed E-state index contributed by atoms with van der Waals surface area (Å²) in [5.41, 5.74) is 0. The van der Waals surface area contributed by atoms with E-state index in [9.17, 15) is 0 Å². The molecular weight excluding hydrogens is 178 g/mol. The largest absolute Gasteiger partial charge is 0.318 e. The zero-order valence-electron chi connectivity index (χ0n) is 9.48. The van der Waals surface area contributed by atoms with E-state index in [0.717, 1.165) is 19.5 Å². The predicted octanol–water partition coefficient (Wildman–Crippen LogP) is -0.777. The average molecular weight is 203 g/mol. The molecule has 0 saturated carbocycles. The number of hydrogen-bond acceptors (Lipinski definition) is 3. The molecule has 0 aromatic heterocycles. The monoisotopic (exact) mass is 203 g/mol. The van der Waals surface area contributed by atoms with E-state index in [1.807, 2.05) is 0 Å². The van der Waals surface area contributed by atoms with Crippen molar-refractivity contribution >= 4 is 10.2 Å². The lowest BCUT2D eigenvalue weighted by atomic mass is 10.2. The van der Waals surface area contributed by atoms with Crippen LogP contribution in [0, 0.1) is 0 Å². The van der Waals surface area contributed by atoms with Gasteiger partial charge >= 0.3 is 0 Å². The summed E-state index contributed by atoms with van der Waals surface area (Å²) in [5.74, 6) is 0. The standard InChI is InChI=1S/C9H25N3Si/c1-4-10-9(11-5-2)6-8(3)12-7-13/h8-12H,4-7H2,1-3,13H3. The van der Waals surface area contributed by atoms with Crippen LogP contribution in [0.2, 0.25) is 0 Å². The molecule has 0 aromatic carbocycles. The first-order valence-corrected chi connectivity index (χ1v) is 6.86. The molecule has 0 aliphatic carbocycles. The van der Waals surface area contributed by atoms with Crippen LogP contribution in [-0.2, 0) is 0 Å². The Morgan fingerprint density at radius 2 is 1.62 bits per heavy atom. The molecule has 0 saturated heterocycles. The van der Waals surface area contributed by atoms with Gasteiger partial charge in [0, 0.05) is 16.3 Å². The maximum Gasteiger partial charge on any atom is 0.0586 e. The van der Waals surface area contributed by atoms with Crippen LogP contribution in [-0.4, -0.2) is 41.7 Å². The summed E-state index contributed by atoms with van der Waals surface area (Å²) in [7, 11) is 1.24. The fourth-order valence-corrected chi connectivity index (χ4v) is 2.21. The zero-order chi connectivity index (χ0) is 10.1. The van der Waals surface area contributed by atoms with Gasteiger partial charge < -0.3 is 16.0 Å². The molecule has 0 aliphatic heterocycles. The Kier molecular flexibility index (Phi) is 8.75. The zero-order valence-corrected chi connectivity index (χ0v) is 11.5. The molecular formula is C9H25N3Si. The Labute approximate surface area is 85.5 Å². The van der Waals surface area contributed by atoms with E-state index in [4.69, 9.17) is 0 Å². The van der Waals surface area contributed by atoms with Crippen molar-refractivity contribution in [2.45, 2.75) is 39.4 Å². The van der Waals surface area contributed by atoms with Crippen molar-refractivity contribution in [1.82, 2.24) is 16.0 Å². The maximum atomic E-state index is 3.47. The molecule has 1 unspecified atom stereocenters. The molecule has 0 spiro atoms. The predicted molar refractivity (Wildman–Crippen MR) is 63.2 cm³/mol. The smallest absolute Gasteiger partial charge is 0.0586 e. The number of nitrogens with one attached hydrogen (secondary N) is 3. The Hall–Kier alpha value is 0.0969. The van der Waals surface area contributed by atoms with Gasteiger partial charge in [0.05, 0.1) is 6.17 Å². The van der Waals surface area contributed by atoms with E-state index in [0.29, 0.717) is 12.2 Å². The molecule has 80 valence electrons. The van der Waals surface area contributed by atoms with E-state index < -0.39 is 0 Å².